The van der Waals surface area contributed by atoms with Crippen molar-refractivity contribution in [2.45, 2.75) is 0 Å². The molecule has 0 unspecified atom stereocenters. The summed E-state index contributed by atoms with van der Waals surface area (Å²) in [6.07, 6.45) is 0. The molecule has 0 saturated carbocycles. The predicted molar refractivity (Wildman–Crippen MR) is 39.4 cm³/mol. The zero-order valence-corrected chi connectivity index (χ0v) is 7.64. The average molecular weight is 174 g/mol. The van der Waals surface area contributed by atoms with E-state index in [1.54, 1.807) is 7.11 Å². The fourth-order valence-electron chi connectivity index (χ4n) is 0.557. The number of hydrogen-bond acceptors (Lipinski definition) is 1. The van der Waals surface area contributed by atoms with Gasteiger partial charge >= 0.3 is 0 Å². The molecule has 1 nitrogen and oxygen atoms in total. The molecule has 10 heavy (non-hydrogen) atoms. The zero-order valence-electron chi connectivity index (χ0n) is 6.24. The summed E-state index contributed by atoms with van der Waals surface area (Å²) in [5.41, 5.74) is 0. The molecule has 0 aromatic heterocycles. The van der Waals surface area contributed by atoms with Gasteiger partial charge in [0, 0.05) is 18.6 Å². The largest absolute Gasteiger partial charge is 0.497 e. The van der Waals surface area contributed by atoms with Gasteiger partial charge in [-0.3, -0.25) is 0 Å². The van der Waals surface area contributed by atoms with Gasteiger partial charge in [0.1, 0.15) is 5.75 Å². The van der Waals surface area contributed by atoms with Crippen LogP contribution in [0.5, 0.6) is 5.75 Å². The molecule has 0 aliphatic heterocycles. The van der Waals surface area contributed by atoms with Crippen LogP contribution in [0.3, 0.4) is 0 Å². The second kappa shape index (κ2) is 6.72. The van der Waals surface area contributed by atoms with E-state index < -0.39 is 0 Å². The van der Waals surface area contributed by atoms with E-state index in [0.29, 0.717) is 0 Å². The summed E-state index contributed by atoms with van der Waals surface area (Å²) in [6.45, 7) is 0. The monoisotopic (exact) mass is 174 g/mol. The summed E-state index contributed by atoms with van der Waals surface area (Å²) < 4.78 is 4.91. The molecule has 0 N–H and O–H groups in total. The first-order valence-corrected chi connectivity index (χ1v) is 2.52. The Hall–Kier alpha value is -0.396. The number of para-hydroxylation sites is 1. The third-order valence-corrected chi connectivity index (χ3v) is 0.979. The van der Waals surface area contributed by atoms with Crippen molar-refractivity contribution in [3.63, 3.8) is 0 Å². The second-order valence-corrected chi connectivity index (χ2v) is 1.52. The second-order valence-electron chi connectivity index (χ2n) is 1.52. The average Bonchev–Trinajstić information content (AvgIpc) is 1.90. The molecule has 1 aromatic carbocycles. The van der Waals surface area contributed by atoms with Crippen molar-refractivity contribution >= 4 is 0 Å². The number of hydrogen-bond donors (Lipinski definition) is 0. The van der Waals surface area contributed by atoms with E-state index in [2.05, 4.69) is 0 Å². The zero-order chi connectivity index (χ0) is 5.82. The maximum atomic E-state index is 4.91. The first-order valence-electron chi connectivity index (χ1n) is 2.52. The van der Waals surface area contributed by atoms with Crippen molar-refractivity contribution < 1.29 is 23.3 Å². The van der Waals surface area contributed by atoms with Crippen LogP contribution in [0.4, 0.5) is 0 Å². The van der Waals surface area contributed by atoms with Crippen LogP contribution in [-0.4, -0.2) is 7.11 Å². The molecule has 0 heterocycles. The SMILES string of the molecule is COc1ccccc1.[CH3-].[V]. The molecule has 1 rings (SSSR count). The van der Waals surface area contributed by atoms with Gasteiger partial charge in [-0.2, -0.15) is 0 Å². The Morgan fingerprint density at radius 2 is 1.60 bits per heavy atom. The van der Waals surface area contributed by atoms with Crippen LogP contribution >= 0.6 is 0 Å². The van der Waals surface area contributed by atoms with Crippen molar-refractivity contribution in [1.82, 2.24) is 0 Å². The first kappa shape index (κ1) is 12.3. The topological polar surface area (TPSA) is 9.23 Å². The van der Waals surface area contributed by atoms with Gasteiger partial charge in [0.25, 0.3) is 0 Å². The van der Waals surface area contributed by atoms with E-state index in [9.17, 15) is 0 Å². The van der Waals surface area contributed by atoms with E-state index in [4.69, 9.17) is 4.74 Å². The minimum absolute atomic E-state index is 0. The molecular weight excluding hydrogens is 163 g/mol. The maximum Gasteiger partial charge on any atom is 0.118 e. The maximum absolute atomic E-state index is 4.91. The Bertz CT molecular complexity index is 151. The van der Waals surface area contributed by atoms with Gasteiger partial charge in [-0.15, -0.1) is 0 Å². The van der Waals surface area contributed by atoms with Gasteiger partial charge in [-0.1, -0.05) is 18.2 Å². The van der Waals surface area contributed by atoms with E-state index in [-0.39, 0.29) is 26.0 Å². The summed E-state index contributed by atoms with van der Waals surface area (Å²) in [5.74, 6) is 0.910. The summed E-state index contributed by atoms with van der Waals surface area (Å²) in [7, 11) is 1.66. The number of ether oxygens (including phenoxy) is 1. The fraction of sp³-hybridized carbons (Fsp3) is 0.125. The van der Waals surface area contributed by atoms with Gasteiger partial charge < -0.3 is 12.2 Å². The van der Waals surface area contributed by atoms with Crippen molar-refractivity contribution in [3.05, 3.63) is 37.8 Å². The Balaban J connectivity index is 0. The molecule has 1 radical (unpaired) electrons. The first-order chi connectivity index (χ1) is 3.93. The molecule has 1 aromatic rings. The van der Waals surface area contributed by atoms with Crippen LogP contribution in [0.1, 0.15) is 0 Å². The summed E-state index contributed by atoms with van der Waals surface area (Å²) in [5, 5.41) is 0. The summed E-state index contributed by atoms with van der Waals surface area (Å²) >= 11 is 0. The minimum atomic E-state index is 0. The van der Waals surface area contributed by atoms with Gasteiger partial charge in [0.05, 0.1) is 7.11 Å². The van der Waals surface area contributed by atoms with Crippen LogP contribution in [0.25, 0.3) is 0 Å². The van der Waals surface area contributed by atoms with Crippen molar-refractivity contribution in [2.75, 3.05) is 7.11 Å². The summed E-state index contributed by atoms with van der Waals surface area (Å²) in [4.78, 5) is 0. The van der Waals surface area contributed by atoms with Crippen molar-refractivity contribution in [3.8, 4) is 5.75 Å². The molecule has 0 spiro atoms. The van der Waals surface area contributed by atoms with Crippen LogP contribution in [0.15, 0.2) is 30.3 Å². The molecule has 0 atom stereocenters. The molecular formula is C8H11OV-. The van der Waals surface area contributed by atoms with Crippen LogP contribution in [-0.2, 0) is 18.6 Å². The molecule has 0 aliphatic rings. The van der Waals surface area contributed by atoms with Gasteiger partial charge in [-0.25, -0.2) is 0 Å². The smallest absolute Gasteiger partial charge is 0.118 e. The quantitative estimate of drug-likeness (QED) is 0.592. The van der Waals surface area contributed by atoms with Crippen LogP contribution < -0.4 is 4.74 Å². The van der Waals surface area contributed by atoms with Crippen molar-refractivity contribution in [2.24, 2.45) is 0 Å². The molecule has 2 heteroatoms. The third-order valence-electron chi connectivity index (χ3n) is 0.979. The number of rotatable bonds is 1. The number of benzene rings is 1. The standard InChI is InChI=1S/C7H8O.CH3.V/c1-8-7-5-3-2-4-6-7;;/h2-6H,1H3;1H3;/q;-1;. The van der Waals surface area contributed by atoms with Gasteiger partial charge in [-0.05, 0) is 12.1 Å². The van der Waals surface area contributed by atoms with Crippen LogP contribution in [0.2, 0.25) is 0 Å². The predicted octanol–water partition coefficient (Wildman–Crippen LogP) is 2.14. The van der Waals surface area contributed by atoms with E-state index in [1.807, 2.05) is 30.3 Å². The molecule has 0 bridgehead atoms. The fourth-order valence-corrected chi connectivity index (χ4v) is 0.557. The van der Waals surface area contributed by atoms with E-state index in [0.717, 1.165) is 5.75 Å². The van der Waals surface area contributed by atoms with E-state index in [1.165, 1.54) is 0 Å². The van der Waals surface area contributed by atoms with Crippen LogP contribution in [0, 0.1) is 7.43 Å². The normalized spacial score (nSPS) is 6.90. The Morgan fingerprint density at radius 3 is 1.90 bits per heavy atom. The molecule has 0 amide bonds. The molecule has 0 fully saturated rings. The Morgan fingerprint density at radius 1 is 1.10 bits per heavy atom. The van der Waals surface area contributed by atoms with Crippen molar-refractivity contribution in [1.29, 1.82) is 0 Å². The Kier molecular flexibility index (Phi) is 8.26. The third kappa shape index (κ3) is 3.60. The van der Waals surface area contributed by atoms with Gasteiger partial charge in [0.2, 0.25) is 0 Å². The molecule has 55 valence electrons. The van der Waals surface area contributed by atoms with E-state index >= 15 is 0 Å². The number of methoxy groups -OCH3 is 1. The minimum Gasteiger partial charge on any atom is -0.497 e. The van der Waals surface area contributed by atoms with Gasteiger partial charge in [0.15, 0.2) is 0 Å². The Labute approximate surface area is 74.3 Å². The molecule has 0 aliphatic carbocycles. The molecule has 0 saturated heterocycles. The summed E-state index contributed by atoms with van der Waals surface area (Å²) in [6, 6.07) is 9.68.